The van der Waals surface area contributed by atoms with Gasteiger partial charge in [0.15, 0.2) is 0 Å². The molecule has 4 heteroatoms. The summed E-state index contributed by atoms with van der Waals surface area (Å²) in [5.74, 6) is 0. The molecule has 0 radical (unpaired) electrons. The maximum Gasteiger partial charge on any atom is 0.407 e. The number of rotatable bonds is 5. The van der Waals surface area contributed by atoms with Crippen LogP contribution >= 0.6 is 0 Å². The number of piperidine rings is 1. The van der Waals surface area contributed by atoms with Crippen LogP contribution in [0.3, 0.4) is 0 Å². The lowest BCUT2D eigenvalue weighted by molar-refractivity contribution is 0.137. The maximum absolute atomic E-state index is 11.2. The number of hydrogen-bond donors (Lipinski definition) is 1. The zero-order valence-corrected chi connectivity index (χ0v) is 10.5. The first-order valence-corrected chi connectivity index (χ1v) is 6.41. The maximum atomic E-state index is 11.2. The molecule has 1 saturated heterocycles. The third-order valence-corrected chi connectivity index (χ3v) is 3.01. The van der Waals surface area contributed by atoms with Crippen molar-refractivity contribution in [1.29, 1.82) is 0 Å². The molecule has 0 bridgehead atoms. The first-order chi connectivity index (χ1) is 7.76. The highest BCUT2D eigenvalue weighted by atomic mass is 16.5. The minimum atomic E-state index is -0.269. The molecule has 4 nitrogen and oxygen atoms in total. The number of ether oxygens (including phenoxy) is 1. The summed E-state index contributed by atoms with van der Waals surface area (Å²) in [5.41, 5.74) is 0. The number of nitrogens with one attached hydrogen (secondary N) is 1. The number of likely N-dealkylation sites (tertiary alicyclic amines) is 1. The van der Waals surface area contributed by atoms with Crippen molar-refractivity contribution in [2.45, 2.75) is 45.6 Å². The fourth-order valence-electron chi connectivity index (χ4n) is 2.02. The van der Waals surface area contributed by atoms with Gasteiger partial charge in [0.2, 0.25) is 0 Å². The van der Waals surface area contributed by atoms with Gasteiger partial charge in [0.1, 0.15) is 0 Å². The third kappa shape index (κ3) is 4.84. The Morgan fingerprint density at radius 3 is 2.62 bits per heavy atom. The summed E-state index contributed by atoms with van der Waals surface area (Å²) in [4.78, 5) is 13.7. The molecule has 0 saturated carbocycles. The summed E-state index contributed by atoms with van der Waals surface area (Å²) < 4.78 is 4.87. The molecule has 0 atom stereocenters. The second-order valence-corrected chi connectivity index (χ2v) is 4.33. The van der Waals surface area contributed by atoms with Gasteiger partial charge in [-0.3, -0.25) is 0 Å². The Morgan fingerprint density at radius 1 is 1.38 bits per heavy atom. The molecule has 16 heavy (non-hydrogen) atoms. The number of alkyl carbamates (subject to hydrolysis) is 1. The standard InChI is InChI=1S/C12H24N2O2/c1-3-5-8-14-9-6-11(7-10-14)13-12(15)16-4-2/h11H,3-10H2,1-2H3,(H,13,15). The third-order valence-electron chi connectivity index (χ3n) is 3.01. The van der Waals surface area contributed by atoms with Crippen molar-refractivity contribution in [3.63, 3.8) is 0 Å². The summed E-state index contributed by atoms with van der Waals surface area (Å²) in [6.07, 6.45) is 4.34. The predicted molar refractivity (Wildman–Crippen MR) is 64.5 cm³/mol. The number of unbranched alkanes of at least 4 members (excludes halogenated alkanes) is 1. The second kappa shape index (κ2) is 7.49. The van der Waals surface area contributed by atoms with Crippen molar-refractivity contribution >= 4 is 6.09 Å². The quantitative estimate of drug-likeness (QED) is 0.782. The van der Waals surface area contributed by atoms with Crippen LogP contribution in [0.1, 0.15) is 39.5 Å². The first-order valence-electron chi connectivity index (χ1n) is 6.41. The summed E-state index contributed by atoms with van der Waals surface area (Å²) >= 11 is 0. The van der Waals surface area contributed by atoms with E-state index >= 15 is 0 Å². The Labute approximate surface area is 98.3 Å². The van der Waals surface area contributed by atoms with Gasteiger partial charge in [-0.1, -0.05) is 13.3 Å². The number of nitrogens with zero attached hydrogens (tertiary/aromatic N) is 1. The average Bonchev–Trinajstić information content (AvgIpc) is 2.28. The van der Waals surface area contributed by atoms with E-state index in [1.165, 1.54) is 19.4 Å². The molecule has 1 rings (SSSR count). The molecule has 1 aliphatic rings. The van der Waals surface area contributed by atoms with Crippen LogP contribution in [0, 0.1) is 0 Å². The van der Waals surface area contributed by atoms with Crippen molar-refractivity contribution in [3.05, 3.63) is 0 Å². The normalized spacial score (nSPS) is 18.4. The van der Waals surface area contributed by atoms with Crippen LogP contribution < -0.4 is 5.32 Å². The lowest BCUT2D eigenvalue weighted by Gasteiger charge is -2.31. The van der Waals surface area contributed by atoms with Gasteiger partial charge in [0.25, 0.3) is 0 Å². The average molecular weight is 228 g/mol. The van der Waals surface area contributed by atoms with Crippen LogP contribution in [0.4, 0.5) is 4.79 Å². The van der Waals surface area contributed by atoms with Gasteiger partial charge in [-0.25, -0.2) is 4.79 Å². The van der Waals surface area contributed by atoms with Gasteiger partial charge >= 0.3 is 6.09 Å². The van der Waals surface area contributed by atoms with Gasteiger partial charge < -0.3 is 15.0 Å². The summed E-state index contributed by atoms with van der Waals surface area (Å²) in [5, 5.41) is 2.91. The second-order valence-electron chi connectivity index (χ2n) is 4.33. The number of carbonyl (C=O) groups excluding carboxylic acids is 1. The number of amides is 1. The van der Waals surface area contributed by atoms with Gasteiger partial charge in [-0.2, -0.15) is 0 Å². The van der Waals surface area contributed by atoms with Crippen LogP contribution in [0.2, 0.25) is 0 Å². The number of hydrogen-bond acceptors (Lipinski definition) is 3. The smallest absolute Gasteiger partial charge is 0.407 e. The van der Waals surface area contributed by atoms with Crippen molar-refractivity contribution in [1.82, 2.24) is 10.2 Å². The van der Waals surface area contributed by atoms with Crippen molar-refractivity contribution in [2.24, 2.45) is 0 Å². The summed E-state index contributed by atoms with van der Waals surface area (Å²) in [6.45, 7) is 7.87. The minimum Gasteiger partial charge on any atom is -0.450 e. The zero-order chi connectivity index (χ0) is 11.8. The minimum absolute atomic E-state index is 0.269. The predicted octanol–water partition coefficient (Wildman–Crippen LogP) is 2.00. The lowest BCUT2D eigenvalue weighted by atomic mass is 10.1. The molecule has 1 fully saturated rings. The summed E-state index contributed by atoms with van der Waals surface area (Å²) in [7, 11) is 0. The molecule has 0 aromatic rings. The highest BCUT2D eigenvalue weighted by Crippen LogP contribution is 2.11. The van der Waals surface area contributed by atoms with E-state index in [0.29, 0.717) is 12.6 Å². The monoisotopic (exact) mass is 228 g/mol. The van der Waals surface area contributed by atoms with Crippen molar-refractivity contribution < 1.29 is 9.53 Å². The molecule has 0 aliphatic carbocycles. The van der Waals surface area contributed by atoms with Gasteiger partial charge in [-0.05, 0) is 32.7 Å². The highest BCUT2D eigenvalue weighted by molar-refractivity contribution is 5.67. The molecule has 1 aliphatic heterocycles. The van der Waals surface area contributed by atoms with Crippen LogP contribution in [0.5, 0.6) is 0 Å². The molecule has 94 valence electrons. The van der Waals surface area contributed by atoms with Gasteiger partial charge in [0.05, 0.1) is 6.61 Å². The fourth-order valence-corrected chi connectivity index (χ4v) is 2.02. The zero-order valence-electron chi connectivity index (χ0n) is 10.5. The van der Waals surface area contributed by atoms with E-state index in [9.17, 15) is 4.79 Å². The van der Waals surface area contributed by atoms with Crippen LogP contribution in [0.25, 0.3) is 0 Å². The topological polar surface area (TPSA) is 41.6 Å². The van der Waals surface area contributed by atoms with E-state index in [-0.39, 0.29) is 6.09 Å². The van der Waals surface area contributed by atoms with Gasteiger partial charge in [0, 0.05) is 19.1 Å². The largest absolute Gasteiger partial charge is 0.450 e. The lowest BCUT2D eigenvalue weighted by Crippen LogP contribution is -2.45. The van der Waals surface area contributed by atoms with E-state index < -0.39 is 0 Å². The Balaban J connectivity index is 2.14. The van der Waals surface area contributed by atoms with E-state index in [1.807, 2.05) is 6.92 Å². The molecule has 1 N–H and O–H groups in total. The Morgan fingerprint density at radius 2 is 2.06 bits per heavy atom. The number of carbonyl (C=O) groups is 1. The fraction of sp³-hybridized carbons (Fsp3) is 0.917. The molecule has 0 unspecified atom stereocenters. The van der Waals surface area contributed by atoms with E-state index in [2.05, 4.69) is 17.1 Å². The Bertz CT molecular complexity index is 201. The van der Waals surface area contributed by atoms with Gasteiger partial charge in [-0.15, -0.1) is 0 Å². The van der Waals surface area contributed by atoms with Crippen molar-refractivity contribution in [3.8, 4) is 0 Å². The first kappa shape index (κ1) is 13.3. The Kier molecular flexibility index (Phi) is 6.23. The molecule has 1 heterocycles. The van der Waals surface area contributed by atoms with Crippen LogP contribution in [-0.2, 0) is 4.74 Å². The van der Waals surface area contributed by atoms with Crippen LogP contribution in [0.15, 0.2) is 0 Å². The molecular weight excluding hydrogens is 204 g/mol. The molecule has 0 spiro atoms. The van der Waals surface area contributed by atoms with Crippen LogP contribution in [-0.4, -0.2) is 43.3 Å². The van der Waals surface area contributed by atoms with E-state index in [4.69, 9.17) is 4.74 Å². The summed E-state index contributed by atoms with van der Waals surface area (Å²) in [6, 6.07) is 0.303. The molecule has 0 aromatic heterocycles. The van der Waals surface area contributed by atoms with Crippen molar-refractivity contribution in [2.75, 3.05) is 26.2 Å². The molecule has 1 amide bonds. The Hall–Kier alpha value is -0.770. The molecule has 0 aromatic carbocycles. The van der Waals surface area contributed by atoms with E-state index in [1.54, 1.807) is 0 Å². The SMILES string of the molecule is CCCCN1CCC(NC(=O)OCC)CC1. The molecular formula is C12H24N2O2. The van der Waals surface area contributed by atoms with E-state index in [0.717, 1.165) is 25.9 Å². The highest BCUT2D eigenvalue weighted by Gasteiger charge is 2.20.